The second-order valence-electron chi connectivity index (χ2n) is 10.5. The fraction of sp³-hybridized carbons (Fsp3) is 0.379. The van der Waals surface area contributed by atoms with Crippen LogP contribution in [0.25, 0.3) is 16.6 Å². The van der Waals surface area contributed by atoms with Gasteiger partial charge in [-0.05, 0) is 52.2 Å². The molecule has 0 spiro atoms. The second kappa shape index (κ2) is 10.1. The third kappa shape index (κ3) is 4.91. The quantitative estimate of drug-likeness (QED) is 0.275. The maximum absolute atomic E-state index is 15.7. The summed E-state index contributed by atoms with van der Waals surface area (Å²) in [5.41, 5.74) is 9.01. The number of carbonyl (C=O) groups excluding carboxylic acids is 1. The van der Waals surface area contributed by atoms with E-state index in [-0.39, 0.29) is 39.7 Å². The van der Waals surface area contributed by atoms with E-state index in [2.05, 4.69) is 22.2 Å². The minimum Gasteiger partial charge on any atom is -0.490 e. The van der Waals surface area contributed by atoms with Crippen molar-refractivity contribution in [2.24, 2.45) is 0 Å². The molecule has 3 aromatic heterocycles. The van der Waals surface area contributed by atoms with Gasteiger partial charge in [-0.25, -0.2) is 14.4 Å². The number of halogens is 2. The number of nitrogen functional groups attached to an aromatic ring is 1. The molecule has 0 aliphatic heterocycles. The molecule has 1 atom stereocenters. The molecule has 1 aromatic carbocycles. The number of fused-ring (bicyclic) bond motifs is 1. The Morgan fingerprint density at radius 3 is 2.64 bits per heavy atom. The van der Waals surface area contributed by atoms with Gasteiger partial charge in [-0.1, -0.05) is 31.5 Å². The van der Waals surface area contributed by atoms with Crippen LogP contribution in [-0.4, -0.2) is 36.9 Å². The summed E-state index contributed by atoms with van der Waals surface area (Å²) in [5.74, 6) is 0.199. The topological polar surface area (TPSA) is 107 Å². The van der Waals surface area contributed by atoms with Crippen LogP contribution in [0.3, 0.4) is 0 Å². The van der Waals surface area contributed by atoms with Gasteiger partial charge in [0.2, 0.25) is 0 Å². The average Bonchev–Trinajstić information content (AvgIpc) is 3.59. The normalized spacial score (nSPS) is 15.0. The molecule has 4 aromatic rings. The zero-order valence-electron chi connectivity index (χ0n) is 22.7. The summed E-state index contributed by atoms with van der Waals surface area (Å²) in [5, 5.41) is 3.02. The molecule has 204 valence electrons. The van der Waals surface area contributed by atoms with Crippen LogP contribution in [0.2, 0.25) is 5.02 Å². The fourth-order valence-electron chi connectivity index (χ4n) is 4.98. The summed E-state index contributed by atoms with van der Waals surface area (Å²) in [6.07, 6.45) is 7.44. The molecular weight excluding hydrogens is 519 g/mol. The van der Waals surface area contributed by atoms with E-state index in [4.69, 9.17) is 27.1 Å². The number of benzene rings is 1. The van der Waals surface area contributed by atoms with Gasteiger partial charge in [-0.2, -0.15) is 0 Å². The number of imidazole rings is 1. The number of anilines is 1. The predicted molar refractivity (Wildman–Crippen MR) is 150 cm³/mol. The number of nitrogens with zero attached hydrogens (tertiary/aromatic N) is 4. The molecule has 1 fully saturated rings. The Balaban J connectivity index is 1.60. The van der Waals surface area contributed by atoms with Gasteiger partial charge in [0.25, 0.3) is 5.91 Å². The third-order valence-corrected chi connectivity index (χ3v) is 7.66. The lowest BCUT2D eigenvalue weighted by Crippen LogP contribution is -2.36. The summed E-state index contributed by atoms with van der Waals surface area (Å²) in [7, 11) is 0. The lowest BCUT2D eigenvalue weighted by Gasteiger charge is -2.23. The number of pyridine rings is 1. The standard InChI is InChI=1S/C29H32ClFN6O2/c1-6-29(9-10-29)36-28(38)21-8-7-18(14-34-21)22-23(31)20(30)13-19(25(22)39-15(2)3)16(4)27-35-17(5)24-26(32)33-11-12-37(24)27/h7-8,11-16H,6,9-10H2,1-5H3,(H2,32,33)(H,36,38)/t16-/m0/s1. The first-order valence-corrected chi connectivity index (χ1v) is 13.5. The van der Waals surface area contributed by atoms with E-state index in [9.17, 15) is 4.79 Å². The largest absolute Gasteiger partial charge is 0.490 e. The second-order valence-corrected chi connectivity index (χ2v) is 10.9. The average molecular weight is 551 g/mol. The van der Waals surface area contributed by atoms with Gasteiger partial charge in [-0.15, -0.1) is 0 Å². The predicted octanol–water partition coefficient (Wildman–Crippen LogP) is 6.09. The van der Waals surface area contributed by atoms with E-state index in [0.29, 0.717) is 34.0 Å². The minimum absolute atomic E-state index is 0.0536. The Morgan fingerprint density at radius 2 is 2.03 bits per heavy atom. The van der Waals surface area contributed by atoms with Crippen LogP contribution in [0.4, 0.5) is 10.2 Å². The van der Waals surface area contributed by atoms with E-state index in [0.717, 1.165) is 25.0 Å². The molecule has 1 saturated carbocycles. The lowest BCUT2D eigenvalue weighted by atomic mass is 9.93. The van der Waals surface area contributed by atoms with E-state index in [1.54, 1.807) is 30.6 Å². The number of hydrogen-bond acceptors (Lipinski definition) is 6. The first-order chi connectivity index (χ1) is 18.5. The number of nitrogens with one attached hydrogen (secondary N) is 1. The third-order valence-electron chi connectivity index (χ3n) is 7.39. The monoisotopic (exact) mass is 550 g/mol. The molecule has 10 heteroatoms. The number of hydrogen-bond donors (Lipinski definition) is 2. The van der Waals surface area contributed by atoms with Crippen LogP contribution in [-0.2, 0) is 0 Å². The molecule has 0 saturated heterocycles. The van der Waals surface area contributed by atoms with Crippen LogP contribution >= 0.6 is 11.6 Å². The highest BCUT2D eigenvalue weighted by atomic mass is 35.5. The van der Waals surface area contributed by atoms with Crippen molar-refractivity contribution in [1.29, 1.82) is 0 Å². The number of aryl methyl sites for hydroxylation is 1. The fourth-order valence-corrected chi connectivity index (χ4v) is 5.19. The lowest BCUT2D eigenvalue weighted by molar-refractivity contribution is 0.0925. The maximum Gasteiger partial charge on any atom is 0.270 e. The van der Waals surface area contributed by atoms with Crippen molar-refractivity contribution in [2.45, 2.75) is 71.4 Å². The molecule has 8 nitrogen and oxygen atoms in total. The van der Waals surface area contributed by atoms with Gasteiger partial charge in [0, 0.05) is 41.2 Å². The van der Waals surface area contributed by atoms with Crippen molar-refractivity contribution >= 4 is 28.8 Å². The van der Waals surface area contributed by atoms with Crippen LogP contribution in [0.15, 0.2) is 36.8 Å². The molecular formula is C29H32ClFN6O2. The molecule has 1 aliphatic rings. The van der Waals surface area contributed by atoms with E-state index in [1.807, 2.05) is 32.1 Å². The molecule has 0 unspecified atom stereocenters. The highest BCUT2D eigenvalue weighted by molar-refractivity contribution is 6.31. The van der Waals surface area contributed by atoms with Crippen LogP contribution in [0, 0.1) is 12.7 Å². The van der Waals surface area contributed by atoms with Crippen molar-refractivity contribution in [3.8, 4) is 16.9 Å². The summed E-state index contributed by atoms with van der Waals surface area (Å²) in [6, 6.07) is 4.85. The first kappa shape index (κ1) is 26.9. The van der Waals surface area contributed by atoms with Gasteiger partial charge in [0.1, 0.15) is 28.6 Å². The molecule has 1 aliphatic carbocycles. The SMILES string of the molecule is CCC1(NC(=O)c2ccc(-c3c(F)c(Cl)cc([C@H](C)c4nc(C)c5c(N)nccn45)c3OC(C)C)cn2)CC1. The van der Waals surface area contributed by atoms with E-state index in [1.165, 1.54) is 6.20 Å². The van der Waals surface area contributed by atoms with Gasteiger partial charge in [0.05, 0.1) is 22.4 Å². The first-order valence-electron chi connectivity index (χ1n) is 13.1. The number of carbonyl (C=O) groups is 1. The van der Waals surface area contributed by atoms with Gasteiger partial charge in [0.15, 0.2) is 5.82 Å². The van der Waals surface area contributed by atoms with Crippen LogP contribution in [0.1, 0.15) is 80.4 Å². The zero-order chi connectivity index (χ0) is 28.1. The Morgan fingerprint density at radius 1 is 1.28 bits per heavy atom. The van der Waals surface area contributed by atoms with Gasteiger partial charge >= 0.3 is 0 Å². The smallest absolute Gasteiger partial charge is 0.270 e. The Hall–Kier alpha value is -3.72. The van der Waals surface area contributed by atoms with Crippen molar-refractivity contribution in [3.05, 3.63) is 70.4 Å². The molecule has 3 N–H and O–H groups in total. The van der Waals surface area contributed by atoms with Crippen molar-refractivity contribution < 1.29 is 13.9 Å². The van der Waals surface area contributed by atoms with E-state index >= 15 is 4.39 Å². The molecule has 0 bridgehead atoms. The number of amides is 1. The minimum atomic E-state index is -0.622. The number of ether oxygens (including phenoxy) is 1. The van der Waals surface area contributed by atoms with Gasteiger partial charge in [-0.3, -0.25) is 14.2 Å². The van der Waals surface area contributed by atoms with Crippen molar-refractivity contribution in [3.63, 3.8) is 0 Å². The molecule has 39 heavy (non-hydrogen) atoms. The molecule has 5 rings (SSSR count). The molecule has 1 amide bonds. The number of aromatic nitrogens is 4. The highest BCUT2D eigenvalue weighted by Crippen LogP contribution is 2.44. The summed E-state index contributed by atoms with van der Waals surface area (Å²) in [6.45, 7) is 9.63. The Bertz CT molecular complexity index is 1560. The number of rotatable bonds is 8. The highest BCUT2D eigenvalue weighted by Gasteiger charge is 2.42. The van der Waals surface area contributed by atoms with Gasteiger partial charge < -0.3 is 15.8 Å². The zero-order valence-corrected chi connectivity index (χ0v) is 23.4. The Labute approximate surface area is 231 Å². The maximum atomic E-state index is 15.7. The summed E-state index contributed by atoms with van der Waals surface area (Å²) >= 11 is 6.46. The van der Waals surface area contributed by atoms with E-state index < -0.39 is 5.82 Å². The van der Waals surface area contributed by atoms with Crippen molar-refractivity contribution in [2.75, 3.05) is 5.73 Å². The van der Waals surface area contributed by atoms with Crippen molar-refractivity contribution in [1.82, 2.24) is 24.7 Å². The molecule has 0 radical (unpaired) electrons. The van der Waals surface area contributed by atoms with Crippen LogP contribution in [0.5, 0.6) is 5.75 Å². The van der Waals surface area contributed by atoms with Crippen LogP contribution < -0.4 is 15.8 Å². The molecule has 3 heterocycles. The Kier molecular flexibility index (Phi) is 6.97. The number of nitrogens with two attached hydrogens (primary N) is 1. The summed E-state index contributed by atoms with van der Waals surface area (Å²) < 4.78 is 23.8. The summed E-state index contributed by atoms with van der Waals surface area (Å²) in [4.78, 5) is 26.1.